The standard InChI is InChI=1S/C15H15ClFNO/c1-9-7-11(19-2)4-6-12(9)15(18)13-5-3-10(16)8-14(13)17/h3-8,15H,18H2,1-2H3. The Hall–Kier alpha value is -1.58. The van der Waals surface area contributed by atoms with E-state index in [1.54, 1.807) is 19.2 Å². The fourth-order valence-corrected chi connectivity index (χ4v) is 2.20. The van der Waals surface area contributed by atoms with Crippen LogP contribution in [0.25, 0.3) is 0 Å². The molecule has 0 fully saturated rings. The van der Waals surface area contributed by atoms with Gasteiger partial charge in [0.2, 0.25) is 0 Å². The molecular formula is C15H15ClFNO. The van der Waals surface area contributed by atoms with Crippen LogP contribution in [-0.4, -0.2) is 7.11 Å². The molecular weight excluding hydrogens is 265 g/mol. The number of nitrogens with two attached hydrogens (primary N) is 1. The van der Waals surface area contributed by atoms with Crippen molar-refractivity contribution in [1.82, 2.24) is 0 Å². The molecule has 100 valence electrons. The van der Waals surface area contributed by atoms with Gasteiger partial charge in [0.25, 0.3) is 0 Å². The lowest BCUT2D eigenvalue weighted by Gasteiger charge is -2.17. The molecule has 0 aromatic heterocycles. The average Bonchev–Trinajstić information content (AvgIpc) is 2.37. The van der Waals surface area contributed by atoms with Gasteiger partial charge in [0.05, 0.1) is 13.2 Å². The van der Waals surface area contributed by atoms with Crippen LogP contribution in [-0.2, 0) is 0 Å². The Balaban J connectivity index is 2.41. The Morgan fingerprint density at radius 2 is 1.84 bits per heavy atom. The van der Waals surface area contributed by atoms with Gasteiger partial charge in [-0.05, 0) is 42.3 Å². The first kappa shape index (κ1) is 13.8. The minimum Gasteiger partial charge on any atom is -0.497 e. The van der Waals surface area contributed by atoms with Crippen molar-refractivity contribution in [3.05, 3.63) is 63.9 Å². The predicted molar refractivity (Wildman–Crippen MR) is 75.2 cm³/mol. The Labute approximate surface area is 117 Å². The first-order valence-electron chi connectivity index (χ1n) is 5.88. The molecule has 0 amide bonds. The fourth-order valence-electron chi connectivity index (χ4n) is 2.05. The van der Waals surface area contributed by atoms with Crippen LogP contribution in [0.3, 0.4) is 0 Å². The van der Waals surface area contributed by atoms with Gasteiger partial charge in [0.15, 0.2) is 0 Å². The van der Waals surface area contributed by atoms with Gasteiger partial charge in [-0.3, -0.25) is 0 Å². The fraction of sp³-hybridized carbons (Fsp3) is 0.200. The predicted octanol–water partition coefficient (Wildman–Crippen LogP) is 3.84. The van der Waals surface area contributed by atoms with Crippen LogP contribution in [0.2, 0.25) is 5.02 Å². The average molecular weight is 280 g/mol. The number of ether oxygens (including phenoxy) is 1. The molecule has 0 aliphatic rings. The summed E-state index contributed by atoms with van der Waals surface area (Å²) >= 11 is 5.74. The summed E-state index contributed by atoms with van der Waals surface area (Å²) in [5, 5.41) is 0.361. The Bertz CT molecular complexity index is 601. The van der Waals surface area contributed by atoms with Crippen molar-refractivity contribution in [3.8, 4) is 5.75 Å². The molecule has 0 saturated carbocycles. The Morgan fingerprint density at radius 3 is 2.42 bits per heavy atom. The summed E-state index contributed by atoms with van der Waals surface area (Å²) in [6.45, 7) is 1.92. The molecule has 1 unspecified atom stereocenters. The molecule has 2 nitrogen and oxygen atoms in total. The van der Waals surface area contributed by atoms with E-state index in [1.165, 1.54) is 6.07 Å². The van der Waals surface area contributed by atoms with Crippen LogP contribution in [0.1, 0.15) is 22.7 Å². The third-order valence-electron chi connectivity index (χ3n) is 3.11. The summed E-state index contributed by atoms with van der Waals surface area (Å²) in [4.78, 5) is 0. The van der Waals surface area contributed by atoms with Crippen LogP contribution in [0.5, 0.6) is 5.75 Å². The van der Waals surface area contributed by atoms with Gasteiger partial charge in [-0.2, -0.15) is 0 Å². The Morgan fingerprint density at radius 1 is 1.16 bits per heavy atom. The summed E-state index contributed by atoms with van der Waals surface area (Å²) in [7, 11) is 1.60. The van der Waals surface area contributed by atoms with E-state index in [2.05, 4.69) is 0 Å². The molecule has 0 heterocycles. The number of rotatable bonds is 3. The maximum Gasteiger partial charge on any atom is 0.129 e. The smallest absolute Gasteiger partial charge is 0.129 e. The third-order valence-corrected chi connectivity index (χ3v) is 3.34. The lowest BCUT2D eigenvalue weighted by atomic mass is 9.95. The van der Waals surface area contributed by atoms with Crippen molar-refractivity contribution < 1.29 is 9.13 Å². The van der Waals surface area contributed by atoms with E-state index in [4.69, 9.17) is 22.1 Å². The molecule has 19 heavy (non-hydrogen) atoms. The second kappa shape index (κ2) is 5.59. The van der Waals surface area contributed by atoms with E-state index >= 15 is 0 Å². The molecule has 0 bridgehead atoms. The highest BCUT2D eigenvalue weighted by atomic mass is 35.5. The zero-order chi connectivity index (χ0) is 14.0. The van der Waals surface area contributed by atoms with Gasteiger partial charge in [-0.15, -0.1) is 0 Å². The van der Waals surface area contributed by atoms with Crippen molar-refractivity contribution in [2.24, 2.45) is 5.73 Å². The van der Waals surface area contributed by atoms with Gasteiger partial charge in [0, 0.05) is 10.6 Å². The van der Waals surface area contributed by atoms with Crippen molar-refractivity contribution in [2.75, 3.05) is 7.11 Å². The molecule has 2 aromatic carbocycles. The summed E-state index contributed by atoms with van der Waals surface area (Å²) in [5.41, 5.74) is 8.39. The number of halogens is 2. The number of hydrogen-bond acceptors (Lipinski definition) is 2. The number of methoxy groups -OCH3 is 1. The van der Waals surface area contributed by atoms with Crippen LogP contribution in [0.15, 0.2) is 36.4 Å². The van der Waals surface area contributed by atoms with Gasteiger partial charge in [-0.1, -0.05) is 23.7 Å². The minimum atomic E-state index is -0.525. The molecule has 0 spiro atoms. The Kier molecular flexibility index (Phi) is 4.08. The maximum absolute atomic E-state index is 13.9. The molecule has 0 saturated heterocycles. The second-order valence-corrected chi connectivity index (χ2v) is 4.80. The van der Waals surface area contributed by atoms with Crippen LogP contribution < -0.4 is 10.5 Å². The third kappa shape index (κ3) is 2.88. The SMILES string of the molecule is COc1ccc(C(N)c2ccc(Cl)cc2F)c(C)c1. The van der Waals surface area contributed by atoms with Gasteiger partial charge < -0.3 is 10.5 Å². The highest BCUT2D eigenvalue weighted by molar-refractivity contribution is 6.30. The molecule has 2 aromatic rings. The van der Waals surface area contributed by atoms with Crippen molar-refractivity contribution in [1.29, 1.82) is 0 Å². The first-order valence-corrected chi connectivity index (χ1v) is 6.26. The van der Waals surface area contributed by atoms with Crippen LogP contribution >= 0.6 is 11.6 Å². The zero-order valence-electron chi connectivity index (χ0n) is 10.8. The highest BCUT2D eigenvalue weighted by Crippen LogP contribution is 2.28. The molecule has 1 atom stereocenters. The van der Waals surface area contributed by atoms with Gasteiger partial charge in [0.1, 0.15) is 11.6 Å². The molecule has 2 rings (SSSR count). The van der Waals surface area contributed by atoms with Crippen molar-refractivity contribution in [3.63, 3.8) is 0 Å². The molecule has 0 aliphatic heterocycles. The normalized spacial score (nSPS) is 12.3. The number of aryl methyl sites for hydroxylation is 1. The lowest BCUT2D eigenvalue weighted by molar-refractivity contribution is 0.414. The quantitative estimate of drug-likeness (QED) is 0.926. The first-order chi connectivity index (χ1) is 9.02. The number of benzene rings is 2. The summed E-state index contributed by atoms with van der Waals surface area (Å²) in [6.07, 6.45) is 0. The van der Waals surface area contributed by atoms with E-state index in [-0.39, 0.29) is 0 Å². The summed E-state index contributed by atoms with van der Waals surface area (Å²) < 4.78 is 19.0. The van der Waals surface area contributed by atoms with Crippen LogP contribution in [0, 0.1) is 12.7 Å². The van der Waals surface area contributed by atoms with Crippen LogP contribution in [0.4, 0.5) is 4.39 Å². The molecule has 2 N–H and O–H groups in total. The number of hydrogen-bond donors (Lipinski definition) is 1. The summed E-state index contributed by atoms with van der Waals surface area (Å²) in [5.74, 6) is 0.361. The molecule has 0 aliphatic carbocycles. The molecule has 0 radical (unpaired) electrons. The van der Waals surface area contributed by atoms with E-state index in [0.29, 0.717) is 10.6 Å². The van der Waals surface area contributed by atoms with Crippen molar-refractivity contribution >= 4 is 11.6 Å². The second-order valence-electron chi connectivity index (χ2n) is 4.37. The zero-order valence-corrected chi connectivity index (χ0v) is 11.5. The van der Waals surface area contributed by atoms with Gasteiger partial charge in [-0.25, -0.2) is 4.39 Å². The van der Waals surface area contributed by atoms with E-state index < -0.39 is 11.9 Å². The monoisotopic (exact) mass is 279 g/mol. The largest absolute Gasteiger partial charge is 0.497 e. The highest BCUT2D eigenvalue weighted by Gasteiger charge is 2.16. The van der Waals surface area contributed by atoms with Crippen molar-refractivity contribution in [2.45, 2.75) is 13.0 Å². The minimum absolute atomic E-state index is 0.361. The lowest BCUT2D eigenvalue weighted by Crippen LogP contribution is -2.15. The maximum atomic E-state index is 13.9. The van der Waals surface area contributed by atoms with E-state index in [1.807, 2.05) is 25.1 Å². The molecule has 4 heteroatoms. The van der Waals surface area contributed by atoms with Gasteiger partial charge >= 0.3 is 0 Å². The van der Waals surface area contributed by atoms with E-state index in [0.717, 1.165) is 16.9 Å². The van der Waals surface area contributed by atoms with E-state index in [9.17, 15) is 4.39 Å². The topological polar surface area (TPSA) is 35.2 Å². The summed E-state index contributed by atoms with van der Waals surface area (Å²) in [6, 6.07) is 9.55.